The molecule has 0 atom stereocenters. The Kier molecular flexibility index (Phi) is 6.29. The van der Waals surface area contributed by atoms with E-state index in [1.54, 1.807) is 0 Å². The molecular formula is C22H28N2O2. The molecule has 0 unspecified atom stereocenters. The molecule has 4 heteroatoms. The molecule has 1 N–H and O–H groups in total. The molecule has 4 nitrogen and oxygen atoms in total. The van der Waals surface area contributed by atoms with E-state index >= 15 is 0 Å². The van der Waals surface area contributed by atoms with Crippen LogP contribution in [0.3, 0.4) is 0 Å². The molecule has 1 aliphatic rings. The molecule has 1 saturated heterocycles. The van der Waals surface area contributed by atoms with Crippen LogP contribution < -0.4 is 10.1 Å². The number of nitrogens with zero attached hydrogens (tertiary/aromatic N) is 1. The summed E-state index contributed by atoms with van der Waals surface area (Å²) < 4.78 is 5.63. The molecule has 2 aromatic rings. The minimum atomic E-state index is -0.0415. The van der Waals surface area contributed by atoms with Gasteiger partial charge >= 0.3 is 0 Å². The summed E-state index contributed by atoms with van der Waals surface area (Å²) in [6.07, 6.45) is 2.75. The first kappa shape index (κ1) is 18.5. The van der Waals surface area contributed by atoms with Gasteiger partial charge in [-0.1, -0.05) is 24.3 Å². The minimum absolute atomic E-state index is 0.0415. The summed E-state index contributed by atoms with van der Waals surface area (Å²) >= 11 is 0. The van der Waals surface area contributed by atoms with Crippen molar-refractivity contribution in [2.75, 3.05) is 13.1 Å². The molecule has 0 saturated carbocycles. The van der Waals surface area contributed by atoms with E-state index in [1.165, 1.54) is 31.5 Å². The van der Waals surface area contributed by atoms with Crippen LogP contribution in [-0.4, -0.2) is 30.0 Å². The lowest BCUT2D eigenvalue weighted by Crippen LogP contribution is -2.23. The van der Waals surface area contributed by atoms with E-state index in [0.717, 1.165) is 17.9 Å². The van der Waals surface area contributed by atoms with Gasteiger partial charge in [0.2, 0.25) is 0 Å². The third kappa shape index (κ3) is 5.33. The third-order valence-corrected chi connectivity index (χ3v) is 4.57. The zero-order chi connectivity index (χ0) is 18.4. The first-order chi connectivity index (χ1) is 12.6. The van der Waals surface area contributed by atoms with E-state index < -0.39 is 0 Å². The fraction of sp³-hybridized carbons (Fsp3) is 0.409. The first-order valence-corrected chi connectivity index (χ1v) is 9.45. The van der Waals surface area contributed by atoms with Crippen molar-refractivity contribution < 1.29 is 9.53 Å². The van der Waals surface area contributed by atoms with E-state index in [1.807, 2.05) is 50.2 Å². The average Bonchev–Trinajstić information content (AvgIpc) is 3.14. The zero-order valence-corrected chi connectivity index (χ0v) is 15.7. The van der Waals surface area contributed by atoms with Crippen LogP contribution in [0.1, 0.15) is 48.2 Å². The molecule has 0 radical (unpaired) electrons. The minimum Gasteiger partial charge on any atom is -0.491 e. The monoisotopic (exact) mass is 352 g/mol. The van der Waals surface area contributed by atoms with Crippen molar-refractivity contribution in [3.63, 3.8) is 0 Å². The Morgan fingerprint density at radius 3 is 2.23 bits per heavy atom. The molecule has 1 fully saturated rings. The Morgan fingerprint density at radius 1 is 1.00 bits per heavy atom. The van der Waals surface area contributed by atoms with Gasteiger partial charge in [-0.25, -0.2) is 0 Å². The SMILES string of the molecule is CC(C)Oc1ccc(CNC(=O)c2ccc(CN3CCCC3)cc2)cc1. The van der Waals surface area contributed by atoms with Crippen molar-refractivity contribution in [1.29, 1.82) is 0 Å². The van der Waals surface area contributed by atoms with Crippen LogP contribution in [0.2, 0.25) is 0 Å². The molecule has 1 heterocycles. The van der Waals surface area contributed by atoms with Crippen LogP contribution >= 0.6 is 0 Å². The lowest BCUT2D eigenvalue weighted by molar-refractivity contribution is 0.0951. The molecule has 0 aliphatic carbocycles. The number of benzene rings is 2. The largest absolute Gasteiger partial charge is 0.491 e. The molecular weight excluding hydrogens is 324 g/mol. The van der Waals surface area contributed by atoms with Crippen molar-refractivity contribution in [3.8, 4) is 5.75 Å². The fourth-order valence-electron chi connectivity index (χ4n) is 3.20. The van der Waals surface area contributed by atoms with Gasteiger partial charge in [0.25, 0.3) is 5.91 Å². The average molecular weight is 352 g/mol. The number of nitrogens with one attached hydrogen (secondary N) is 1. The molecule has 1 amide bonds. The Balaban J connectivity index is 1.49. The highest BCUT2D eigenvalue weighted by atomic mass is 16.5. The second-order valence-corrected chi connectivity index (χ2v) is 7.17. The van der Waals surface area contributed by atoms with Crippen LogP contribution in [0, 0.1) is 0 Å². The summed E-state index contributed by atoms with van der Waals surface area (Å²) in [4.78, 5) is 14.8. The van der Waals surface area contributed by atoms with Crippen molar-refractivity contribution in [1.82, 2.24) is 10.2 Å². The number of carbonyl (C=O) groups is 1. The number of rotatable bonds is 7. The predicted molar refractivity (Wildman–Crippen MR) is 104 cm³/mol. The van der Waals surface area contributed by atoms with Crippen LogP contribution in [-0.2, 0) is 13.1 Å². The van der Waals surface area contributed by atoms with Gasteiger partial charge in [-0.05, 0) is 75.2 Å². The third-order valence-electron chi connectivity index (χ3n) is 4.57. The molecule has 1 aliphatic heterocycles. The number of carbonyl (C=O) groups excluding carboxylic acids is 1. The van der Waals surface area contributed by atoms with E-state index in [2.05, 4.69) is 22.3 Å². The lowest BCUT2D eigenvalue weighted by Gasteiger charge is -2.14. The summed E-state index contributed by atoms with van der Waals surface area (Å²) in [6, 6.07) is 15.8. The van der Waals surface area contributed by atoms with Gasteiger partial charge in [-0.15, -0.1) is 0 Å². The number of amides is 1. The highest BCUT2D eigenvalue weighted by Gasteiger charge is 2.12. The highest BCUT2D eigenvalue weighted by Crippen LogP contribution is 2.15. The summed E-state index contributed by atoms with van der Waals surface area (Å²) in [7, 11) is 0. The van der Waals surface area contributed by atoms with Gasteiger partial charge < -0.3 is 10.1 Å². The smallest absolute Gasteiger partial charge is 0.251 e. The summed E-state index contributed by atoms with van der Waals surface area (Å²) in [5, 5.41) is 2.98. The van der Waals surface area contributed by atoms with Crippen LogP contribution in [0.4, 0.5) is 0 Å². The van der Waals surface area contributed by atoms with Crippen molar-refractivity contribution in [3.05, 3.63) is 65.2 Å². The normalized spacial score (nSPS) is 14.6. The van der Waals surface area contributed by atoms with Crippen LogP contribution in [0.25, 0.3) is 0 Å². The van der Waals surface area contributed by atoms with Gasteiger partial charge in [0, 0.05) is 18.7 Å². The Labute approximate surface area is 156 Å². The summed E-state index contributed by atoms with van der Waals surface area (Å²) in [6.45, 7) is 7.87. The van der Waals surface area contributed by atoms with Crippen molar-refractivity contribution >= 4 is 5.91 Å². The Bertz CT molecular complexity index is 702. The van der Waals surface area contributed by atoms with Gasteiger partial charge in [-0.2, -0.15) is 0 Å². The highest BCUT2D eigenvalue weighted by molar-refractivity contribution is 5.94. The molecule has 0 bridgehead atoms. The molecule has 26 heavy (non-hydrogen) atoms. The van der Waals surface area contributed by atoms with E-state index in [4.69, 9.17) is 4.74 Å². The first-order valence-electron chi connectivity index (χ1n) is 9.45. The fourth-order valence-corrected chi connectivity index (χ4v) is 3.20. The van der Waals surface area contributed by atoms with Gasteiger partial charge in [0.05, 0.1) is 6.10 Å². The van der Waals surface area contributed by atoms with Crippen molar-refractivity contribution in [2.45, 2.75) is 45.9 Å². The number of likely N-dealkylation sites (tertiary alicyclic amines) is 1. The maximum atomic E-state index is 12.3. The number of ether oxygens (including phenoxy) is 1. The molecule has 0 aromatic heterocycles. The van der Waals surface area contributed by atoms with E-state index in [0.29, 0.717) is 12.1 Å². The predicted octanol–water partition coefficient (Wildman–Crippen LogP) is 4.00. The maximum absolute atomic E-state index is 12.3. The second kappa shape index (κ2) is 8.86. The van der Waals surface area contributed by atoms with Gasteiger partial charge in [-0.3, -0.25) is 9.69 Å². The number of hydrogen-bond donors (Lipinski definition) is 1. The molecule has 0 spiro atoms. The summed E-state index contributed by atoms with van der Waals surface area (Å²) in [5.41, 5.74) is 3.03. The zero-order valence-electron chi connectivity index (χ0n) is 15.7. The van der Waals surface area contributed by atoms with Crippen LogP contribution in [0.15, 0.2) is 48.5 Å². The van der Waals surface area contributed by atoms with E-state index in [-0.39, 0.29) is 12.0 Å². The molecule has 138 valence electrons. The van der Waals surface area contributed by atoms with Gasteiger partial charge in [0.1, 0.15) is 5.75 Å². The standard InChI is InChI=1S/C22H28N2O2/c1-17(2)26-21-11-7-18(8-12-21)15-23-22(25)20-9-5-19(6-10-20)16-24-13-3-4-14-24/h5-12,17H,3-4,13-16H2,1-2H3,(H,23,25). The summed E-state index contributed by atoms with van der Waals surface area (Å²) in [5.74, 6) is 0.809. The molecule has 3 rings (SSSR count). The Morgan fingerprint density at radius 2 is 1.62 bits per heavy atom. The van der Waals surface area contributed by atoms with Gasteiger partial charge in [0.15, 0.2) is 0 Å². The van der Waals surface area contributed by atoms with Crippen LogP contribution in [0.5, 0.6) is 5.75 Å². The Hall–Kier alpha value is -2.33. The lowest BCUT2D eigenvalue weighted by atomic mass is 10.1. The van der Waals surface area contributed by atoms with Crippen molar-refractivity contribution in [2.24, 2.45) is 0 Å². The maximum Gasteiger partial charge on any atom is 0.251 e. The topological polar surface area (TPSA) is 41.6 Å². The second-order valence-electron chi connectivity index (χ2n) is 7.17. The van der Waals surface area contributed by atoms with E-state index in [9.17, 15) is 4.79 Å². The quantitative estimate of drug-likeness (QED) is 0.819. The molecule has 2 aromatic carbocycles. The number of hydrogen-bond acceptors (Lipinski definition) is 3.